The first-order valence-corrected chi connectivity index (χ1v) is 5.47. The van der Waals surface area contributed by atoms with Crippen molar-refractivity contribution in [1.82, 2.24) is 9.97 Å². The van der Waals surface area contributed by atoms with Crippen molar-refractivity contribution < 1.29 is 4.79 Å². The number of aromatic nitrogens is 2. The lowest BCUT2D eigenvalue weighted by Gasteiger charge is -2.11. The first-order chi connectivity index (χ1) is 8.22. The molecule has 88 valence electrons. The third-order valence-electron chi connectivity index (χ3n) is 2.58. The molecular weight excluding hydrogens is 216 g/mol. The Morgan fingerprint density at radius 1 is 1.47 bits per heavy atom. The summed E-state index contributed by atoms with van der Waals surface area (Å²) in [7, 11) is 0. The zero-order chi connectivity index (χ0) is 12.3. The van der Waals surface area contributed by atoms with Crippen molar-refractivity contribution >= 4 is 22.5 Å². The van der Waals surface area contributed by atoms with E-state index in [-0.39, 0.29) is 5.91 Å². The van der Waals surface area contributed by atoms with Gasteiger partial charge in [-0.15, -0.1) is 0 Å². The fourth-order valence-corrected chi connectivity index (χ4v) is 1.51. The molecule has 1 amide bonds. The van der Waals surface area contributed by atoms with E-state index < -0.39 is 6.04 Å². The Labute approximate surface area is 99.1 Å². The monoisotopic (exact) mass is 230 g/mol. The Morgan fingerprint density at radius 3 is 3.06 bits per heavy atom. The van der Waals surface area contributed by atoms with Gasteiger partial charge in [-0.25, -0.2) is 0 Å². The molecule has 5 nitrogen and oxygen atoms in total. The maximum Gasteiger partial charge on any atom is 0.241 e. The zero-order valence-corrected chi connectivity index (χ0v) is 9.55. The number of amides is 1. The number of nitrogens with two attached hydrogens (primary N) is 1. The minimum Gasteiger partial charge on any atom is -0.324 e. The maximum absolute atomic E-state index is 11.7. The lowest BCUT2D eigenvalue weighted by molar-refractivity contribution is -0.117. The average Bonchev–Trinajstić information content (AvgIpc) is 2.38. The number of carbonyl (C=O) groups excluding carboxylic acids is 1. The van der Waals surface area contributed by atoms with Crippen molar-refractivity contribution in [3.63, 3.8) is 0 Å². The number of nitrogens with one attached hydrogen (secondary N) is 1. The number of nitrogens with zero attached hydrogens (tertiary/aromatic N) is 2. The maximum atomic E-state index is 11.7. The summed E-state index contributed by atoms with van der Waals surface area (Å²) in [6.45, 7) is 1.87. The van der Waals surface area contributed by atoms with Gasteiger partial charge in [0, 0.05) is 24.0 Å². The van der Waals surface area contributed by atoms with Crippen molar-refractivity contribution in [2.45, 2.75) is 19.4 Å². The standard InChI is InChI=1S/C12H14N4O/c1-2-9(13)12(17)16-11-4-6-15-10-3-5-14-7-8(10)11/h3-7,9H,2,13H2,1H3,(H,15,16,17)/t9-/m0/s1. The van der Waals surface area contributed by atoms with Gasteiger partial charge in [-0.2, -0.15) is 0 Å². The van der Waals surface area contributed by atoms with Crippen LogP contribution >= 0.6 is 0 Å². The number of pyridine rings is 2. The van der Waals surface area contributed by atoms with Gasteiger partial charge in [0.25, 0.3) is 0 Å². The molecule has 2 aromatic heterocycles. The SMILES string of the molecule is CC[C@H](N)C(=O)Nc1ccnc2ccncc12. The summed E-state index contributed by atoms with van der Waals surface area (Å²) in [6.07, 6.45) is 5.59. The van der Waals surface area contributed by atoms with Gasteiger partial charge >= 0.3 is 0 Å². The summed E-state index contributed by atoms with van der Waals surface area (Å²) in [6, 6.07) is 3.05. The Balaban J connectivity index is 2.33. The van der Waals surface area contributed by atoms with Crippen LogP contribution in [0.4, 0.5) is 5.69 Å². The van der Waals surface area contributed by atoms with Crippen molar-refractivity contribution in [2.24, 2.45) is 5.73 Å². The fourth-order valence-electron chi connectivity index (χ4n) is 1.51. The summed E-state index contributed by atoms with van der Waals surface area (Å²) in [4.78, 5) is 19.9. The van der Waals surface area contributed by atoms with E-state index in [0.717, 1.165) is 10.9 Å². The van der Waals surface area contributed by atoms with E-state index >= 15 is 0 Å². The molecule has 0 saturated heterocycles. The average molecular weight is 230 g/mol. The van der Waals surface area contributed by atoms with Crippen LogP contribution in [0, 0.1) is 0 Å². The highest BCUT2D eigenvalue weighted by molar-refractivity contribution is 6.02. The van der Waals surface area contributed by atoms with Crippen LogP contribution in [0.25, 0.3) is 10.9 Å². The molecule has 0 unspecified atom stereocenters. The lowest BCUT2D eigenvalue weighted by Crippen LogP contribution is -2.34. The van der Waals surface area contributed by atoms with Crippen LogP contribution in [-0.4, -0.2) is 21.9 Å². The van der Waals surface area contributed by atoms with Crippen LogP contribution in [0.1, 0.15) is 13.3 Å². The number of rotatable bonds is 3. The van der Waals surface area contributed by atoms with Gasteiger partial charge in [-0.05, 0) is 18.6 Å². The van der Waals surface area contributed by atoms with Gasteiger partial charge in [0.05, 0.1) is 17.2 Å². The van der Waals surface area contributed by atoms with Gasteiger partial charge in [-0.1, -0.05) is 6.92 Å². The molecule has 0 saturated carbocycles. The number of carbonyl (C=O) groups is 1. The second-order valence-electron chi connectivity index (χ2n) is 3.76. The van der Waals surface area contributed by atoms with Crippen molar-refractivity contribution in [2.75, 3.05) is 5.32 Å². The number of hydrogen-bond acceptors (Lipinski definition) is 4. The summed E-state index contributed by atoms with van der Waals surface area (Å²) < 4.78 is 0. The second-order valence-corrected chi connectivity index (χ2v) is 3.76. The van der Waals surface area contributed by atoms with E-state index in [9.17, 15) is 4.79 Å². The first kappa shape index (κ1) is 11.5. The fraction of sp³-hybridized carbons (Fsp3) is 0.250. The molecule has 17 heavy (non-hydrogen) atoms. The van der Waals surface area contributed by atoms with Crippen LogP contribution in [0.5, 0.6) is 0 Å². The predicted octanol–water partition coefficient (Wildman–Crippen LogP) is 1.31. The summed E-state index contributed by atoms with van der Waals surface area (Å²) >= 11 is 0. The van der Waals surface area contributed by atoms with Crippen LogP contribution < -0.4 is 11.1 Å². The third kappa shape index (κ3) is 2.39. The summed E-state index contributed by atoms with van der Waals surface area (Å²) in [5.74, 6) is -0.191. The van der Waals surface area contributed by atoms with Gasteiger partial charge < -0.3 is 11.1 Å². The Bertz CT molecular complexity index is 536. The van der Waals surface area contributed by atoms with Crippen LogP contribution in [0.2, 0.25) is 0 Å². The van der Waals surface area contributed by atoms with Crippen molar-refractivity contribution in [3.05, 3.63) is 30.7 Å². The molecule has 0 aromatic carbocycles. The third-order valence-corrected chi connectivity index (χ3v) is 2.58. The zero-order valence-electron chi connectivity index (χ0n) is 9.55. The van der Waals surface area contributed by atoms with Gasteiger partial charge in [0.2, 0.25) is 5.91 Å². The molecule has 0 aliphatic carbocycles. The van der Waals surface area contributed by atoms with E-state index in [1.54, 1.807) is 30.7 Å². The first-order valence-electron chi connectivity index (χ1n) is 5.47. The number of anilines is 1. The normalized spacial score (nSPS) is 12.4. The highest BCUT2D eigenvalue weighted by atomic mass is 16.2. The van der Waals surface area contributed by atoms with Crippen LogP contribution in [-0.2, 0) is 4.79 Å². The molecule has 1 atom stereocenters. The van der Waals surface area contributed by atoms with Gasteiger partial charge in [-0.3, -0.25) is 14.8 Å². The van der Waals surface area contributed by atoms with Crippen molar-refractivity contribution in [1.29, 1.82) is 0 Å². The second kappa shape index (κ2) is 4.88. The van der Waals surface area contributed by atoms with Crippen LogP contribution in [0.15, 0.2) is 30.7 Å². The van der Waals surface area contributed by atoms with E-state index in [0.29, 0.717) is 12.1 Å². The minimum absolute atomic E-state index is 0.191. The van der Waals surface area contributed by atoms with Gasteiger partial charge in [0.15, 0.2) is 0 Å². The molecule has 0 fully saturated rings. The number of hydrogen-bond donors (Lipinski definition) is 2. The molecule has 0 bridgehead atoms. The quantitative estimate of drug-likeness (QED) is 0.832. The predicted molar refractivity (Wildman–Crippen MR) is 66.4 cm³/mol. The van der Waals surface area contributed by atoms with Crippen molar-refractivity contribution in [3.8, 4) is 0 Å². The van der Waals surface area contributed by atoms with E-state index in [1.165, 1.54) is 0 Å². The molecule has 2 rings (SSSR count). The summed E-state index contributed by atoms with van der Waals surface area (Å²) in [5, 5.41) is 3.60. The van der Waals surface area contributed by atoms with Crippen LogP contribution in [0.3, 0.4) is 0 Å². The Morgan fingerprint density at radius 2 is 2.29 bits per heavy atom. The van der Waals surface area contributed by atoms with Gasteiger partial charge in [0.1, 0.15) is 0 Å². The minimum atomic E-state index is -0.491. The largest absolute Gasteiger partial charge is 0.324 e. The molecule has 0 aliphatic rings. The van der Waals surface area contributed by atoms with E-state index in [2.05, 4.69) is 15.3 Å². The molecule has 0 spiro atoms. The molecule has 2 heterocycles. The Kier molecular flexibility index (Phi) is 3.30. The highest BCUT2D eigenvalue weighted by Crippen LogP contribution is 2.19. The molecule has 2 aromatic rings. The topological polar surface area (TPSA) is 80.9 Å². The molecule has 5 heteroatoms. The van der Waals surface area contributed by atoms with E-state index in [4.69, 9.17) is 5.73 Å². The highest BCUT2D eigenvalue weighted by Gasteiger charge is 2.12. The number of fused-ring (bicyclic) bond motifs is 1. The molecule has 0 radical (unpaired) electrons. The summed E-state index contributed by atoms with van der Waals surface area (Å²) in [5.41, 5.74) is 7.15. The van der Waals surface area contributed by atoms with E-state index in [1.807, 2.05) is 6.92 Å². The Hall–Kier alpha value is -2.01. The molecule has 0 aliphatic heterocycles. The molecular formula is C12H14N4O. The lowest BCUT2D eigenvalue weighted by atomic mass is 10.2. The molecule has 3 N–H and O–H groups in total. The smallest absolute Gasteiger partial charge is 0.241 e.